The highest BCUT2D eigenvalue weighted by Gasteiger charge is 2.15. The molecule has 0 bridgehead atoms. The summed E-state index contributed by atoms with van der Waals surface area (Å²) < 4.78 is 14.7. The number of aromatic nitrogens is 2. The SMILES string of the molecule is Cc1c(CNc2ccc(F)cc2[N+](=O)[O-])cnn1C. The molecular formula is C12H13FN4O2. The Bertz CT molecular complexity index is 624. The molecule has 0 aliphatic heterocycles. The Morgan fingerprint density at radius 1 is 1.53 bits per heavy atom. The number of hydrogen-bond donors (Lipinski definition) is 1. The first-order chi connectivity index (χ1) is 8.99. The lowest BCUT2D eigenvalue weighted by molar-refractivity contribution is -0.384. The minimum atomic E-state index is -0.630. The maximum absolute atomic E-state index is 13.0. The number of anilines is 1. The first-order valence-electron chi connectivity index (χ1n) is 5.64. The van der Waals surface area contributed by atoms with Crippen LogP contribution in [0.5, 0.6) is 0 Å². The van der Waals surface area contributed by atoms with Crippen LogP contribution in [0, 0.1) is 22.9 Å². The second kappa shape index (κ2) is 5.05. The summed E-state index contributed by atoms with van der Waals surface area (Å²) in [6.45, 7) is 2.30. The zero-order valence-corrected chi connectivity index (χ0v) is 10.6. The Kier molecular flexibility index (Phi) is 3.46. The van der Waals surface area contributed by atoms with Crippen LogP contribution in [0.4, 0.5) is 15.8 Å². The van der Waals surface area contributed by atoms with E-state index in [1.807, 2.05) is 14.0 Å². The van der Waals surface area contributed by atoms with Crippen molar-refractivity contribution in [1.82, 2.24) is 9.78 Å². The van der Waals surface area contributed by atoms with Crippen LogP contribution in [0.25, 0.3) is 0 Å². The molecule has 6 nitrogen and oxygen atoms in total. The largest absolute Gasteiger partial charge is 0.375 e. The average molecular weight is 264 g/mol. The lowest BCUT2D eigenvalue weighted by atomic mass is 10.2. The molecule has 1 aromatic heterocycles. The van der Waals surface area contributed by atoms with Crippen LogP contribution >= 0.6 is 0 Å². The van der Waals surface area contributed by atoms with Gasteiger partial charge in [-0.1, -0.05) is 0 Å². The second-order valence-corrected chi connectivity index (χ2v) is 4.15. The lowest BCUT2D eigenvalue weighted by Crippen LogP contribution is -2.04. The van der Waals surface area contributed by atoms with E-state index in [9.17, 15) is 14.5 Å². The molecule has 1 aromatic carbocycles. The predicted molar refractivity (Wildman–Crippen MR) is 68.3 cm³/mol. The summed E-state index contributed by atoms with van der Waals surface area (Å²) in [7, 11) is 1.82. The highest BCUT2D eigenvalue weighted by molar-refractivity contribution is 5.61. The predicted octanol–water partition coefficient (Wildman–Crippen LogP) is 2.39. The van der Waals surface area contributed by atoms with E-state index in [1.165, 1.54) is 12.1 Å². The third-order valence-electron chi connectivity index (χ3n) is 2.96. The number of hydrogen-bond acceptors (Lipinski definition) is 4. The van der Waals surface area contributed by atoms with Gasteiger partial charge in [0.15, 0.2) is 0 Å². The van der Waals surface area contributed by atoms with Gasteiger partial charge in [0.25, 0.3) is 5.69 Å². The summed E-state index contributed by atoms with van der Waals surface area (Å²) in [5, 5.41) is 17.9. The number of halogens is 1. The zero-order valence-electron chi connectivity index (χ0n) is 10.6. The molecule has 0 radical (unpaired) electrons. The number of benzene rings is 1. The van der Waals surface area contributed by atoms with E-state index in [0.29, 0.717) is 6.54 Å². The van der Waals surface area contributed by atoms with Crippen LogP contribution in [-0.4, -0.2) is 14.7 Å². The number of nitrogens with one attached hydrogen (secondary N) is 1. The molecule has 0 atom stereocenters. The molecule has 19 heavy (non-hydrogen) atoms. The van der Waals surface area contributed by atoms with Crippen molar-refractivity contribution in [3.05, 3.63) is 51.6 Å². The van der Waals surface area contributed by atoms with E-state index in [1.54, 1.807) is 10.9 Å². The first kappa shape index (κ1) is 13.0. The highest BCUT2D eigenvalue weighted by Crippen LogP contribution is 2.25. The topological polar surface area (TPSA) is 73.0 Å². The molecule has 1 N–H and O–H groups in total. The van der Waals surface area contributed by atoms with E-state index in [-0.39, 0.29) is 11.4 Å². The average Bonchev–Trinajstić information content (AvgIpc) is 2.68. The molecule has 1 heterocycles. The molecule has 0 amide bonds. The van der Waals surface area contributed by atoms with E-state index in [2.05, 4.69) is 10.4 Å². The Hall–Kier alpha value is -2.44. The van der Waals surface area contributed by atoms with Crippen molar-refractivity contribution in [3.8, 4) is 0 Å². The Balaban J connectivity index is 2.20. The van der Waals surface area contributed by atoms with Crippen LogP contribution in [-0.2, 0) is 13.6 Å². The van der Waals surface area contributed by atoms with Crippen molar-refractivity contribution >= 4 is 11.4 Å². The molecule has 2 aromatic rings. The van der Waals surface area contributed by atoms with Crippen LogP contribution in [0.15, 0.2) is 24.4 Å². The minimum Gasteiger partial charge on any atom is -0.375 e. The fourth-order valence-electron chi connectivity index (χ4n) is 1.71. The molecule has 100 valence electrons. The van der Waals surface area contributed by atoms with Crippen LogP contribution < -0.4 is 5.32 Å². The maximum atomic E-state index is 13.0. The molecule has 0 aliphatic rings. The lowest BCUT2D eigenvalue weighted by Gasteiger charge is -2.07. The molecule has 0 aliphatic carbocycles. The van der Waals surface area contributed by atoms with Gasteiger partial charge >= 0.3 is 0 Å². The monoisotopic (exact) mass is 264 g/mol. The maximum Gasteiger partial charge on any atom is 0.295 e. The van der Waals surface area contributed by atoms with E-state index in [4.69, 9.17) is 0 Å². The number of nitro benzene ring substituents is 1. The number of aryl methyl sites for hydroxylation is 1. The summed E-state index contributed by atoms with van der Waals surface area (Å²) in [6, 6.07) is 3.45. The number of nitro groups is 1. The van der Waals surface area contributed by atoms with Crippen molar-refractivity contribution in [2.75, 3.05) is 5.32 Å². The van der Waals surface area contributed by atoms with Gasteiger partial charge in [-0.05, 0) is 19.1 Å². The van der Waals surface area contributed by atoms with Crippen molar-refractivity contribution in [1.29, 1.82) is 0 Å². The van der Waals surface area contributed by atoms with Gasteiger partial charge in [0.2, 0.25) is 0 Å². The van der Waals surface area contributed by atoms with Crippen LogP contribution in [0.1, 0.15) is 11.3 Å². The number of nitrogens with zero attached hydrogens (tertiary/aromatic N) is 3. The third-order valence-corrected chi connectivity index (χ3v) is 2.96. The summed E-state index contributed by atoms with van der Waals surface area (Å²) in [6.07, 6.45) is 1.69. The smallest absolute Gasteiger partial charge is 0.295 e. The van der Waals surface area contributed by atoms with Gasteiger partial charge in [-0.25, -0.2) is 4.39 Å². The molecule has 0 saturated carbocycles. The summed E-state index contributed by atoms with van der Waals surface area (Å²) >= 11 is 0. The molecule has 0 unspecified atom stereocenters. The van der Waals surface area contributed by atoms with Gasteiger partial charge < -0.3 is 5.32 Å². The van der Waals surface area contributed by atoms with Crippen molar-refractivity contribution in [2.24, 2.45) is 7.05 Å². The Labute approximate surface area is 109 Å². The van der Waals surface area contributed by atoms with Crippen LogP contribution in [0.2, 0.25) is 0 Å². The number of rotatable bonds is 4. The third kappa shape index (κ3) is 2.70. The zero-order chi connectivity index (χ0) is 14.0. The highest BCUT2D eigenvalue weighted by atomic mass is 19.1. The summed E-state index contributed by atoms with van der Waals surface area (Å²) in [4.78, 5) is 10.2. The molecule has 0 spiro atoms. The standard InChI is InChI=1S/C12H13FN4O2/c1-8-9(7-15-16(8)2)6-14-11-4-3-10(13)5-12(11)17(18)19/h3-5,7,14H,6H2,1-2H3. The fourth-order valence-corrected chi connectivity index (χ4v) is 1.71. The van der Waals surface area contributed by atoms with E-state index >= 15 is 0 Å². The normalized spacial score (nSPS) is 10.5. The van der Waals surface area contributed by atoms with Crippen molar-refractivity contribution in [3.63, 3.8) is 0 Å². The van der Waals surface area contributed by atoms with Gasteiger partial charge in [0.1, 0.15) is 11.5 Å². The quantitative estimate of drug-likeness (QED) is 0.679. The van der Waals surface area contributed by atoms with Gasteiger partial charge in [0, 0.05) is 24.8 Å². The second-order valence-electron chi connectivity index (χ2n) is 4.15. The van der Waals surface area contributed by atoms with Crippen LogP contribution in [0.3, 0.4) is 0 Å². The van der Waals surface area contributed by atoms with Gasteiger partial charge in [-0.15, -0.1) is 0 Å². The molecular weight excluding hydrogens is 251 g/mol. The fraction of sp³-hybridized carbons (Fsp3) is 0.250. The van der Waals surface area contributed by atoms with Crippen molar-refractivity contribution in [2.45, 2.75) is 13.5 Å². The molecule has 0 saturated heterocycles. The molecule has 2 rings (SSSR count). The minimum absolute atomic E-state index is 0.276. The van der Waals surface area contributed by atoms with Gasteiger partial charge in [-0.2, -0.15) is 5.10 Å². The van der Waals surface area contributed by atoms with Gasteiger partial charge in [-0.3, -0.25) is 14.8 Å². The summed E-state index contributed by atoms with van der Waals surface area (Å²) in [5.41, 5.74) is 1.91. The summed E-state index contributed by atoms with van der Waals surface area (Å²) in [5.74, 6) is -0.630. The first-order valence-corrected chi connectivity index (χ1v) is 5.64. The van der Waals surface area contributed by atoms with E-state index < -0.39 is 10.7 Å². The molecule has 7 heteroatoms. The van der Waals surface area contributed by atoms with Gasteiger partial charge in [0.05, 0.1) is 17.2 Å². The Morgan fingerprint density at radius 2 is 2.26 bits per heavy atom. The van der Waals surface area contributed by atoms with E-state index in [0.717, 1.165) is 17.3 Å². The molecule has 0 fully saturated rings. The Morgan fingerprint density at radius 3 is 2.84 bits per heavy atom. The van der Waals surface area contributed by atoms with Crippen molar-refractivity contribution < 1.29 is 9.31 Å².